The normalized spacial score (nSPS) is 23.9. The van der Waals surface area contributed by atoms with Crippen LogP contribution in [0.15, 0.2) is 42.5 Å². The minimum Gasteiger partial charge on any atom is -0.463 e. The molecule has 1 aliphatic heterocycles. The van der Waals surface area contributed by atoms with Crippen LogP contribution >= 0.6 is 0 Å². The monoisotopic (exact) mass is 245 g/mol. The number of rotatable bonds is 5. The van der Waals surface area contributed by atoms with Crippen molar-refractivity contribution in [2.24, 2.45) is 0 Å². The number of benzene rings is 1. The molecule has 96 valence electrons. The Hall–Kier alpha value is -1.61. The van der Waals surface area contributed by atoms with Gasteiger partial charge in [0.2, 0.25) is 0 Å². The van der Waals surface area contributed by atoms with E-state index in [2.05, 4.69) is 36.1 Å². The van der Waals surface area contributed by atoms with Gasteiger partial charge in [-0.05, 0) is 19.4 Å². The fraction of sp³-hybridized carbons (Fsp3) is 0.400. The Labute approximate surface area is 108 Å². The molecule has 1 heterocycles. The van der Waals surface area contributed by atoms with Crippen molar-refractivity contribution in [2.45, 2.75) is 25.9 Å². The van der Waals surface area contributed by atoms with Gasteiger partial charge in [0.25, 0.3) is 0 Å². The van der Waals surface area contributed by atoms with Gasteiger partial charge in [-0.1, -0.05) is 36.4 Å². The van der Waals surface area contributed by atoms with E-state index < -0.39 is 0 Å². The van der Waals surface area contributed by atoms with Gasteiger partial charge in [-0.15, -0.1) is 0 Å². The molecule has 3 nitrogen and oxygen atoms in total. The molecule has 0 N–H and O–H groups in total. The summed E-state index contributed by atoms with van der Waals surface area (Å²) in [6.07, 6.45) is 3.46. The van der Waals surface area contributed by atoms with Gasteiger partial charge >= 0.3 is 5.97 Å². The van der Waals surface area contributed by atoms with Gasteiger partial charge in [0, 0.05) is 24.7 Å². The van der Waals surface area contributed by atoms with Crippen molar-refractivity contribution in [1.82, 2.24) is 4.90 Å². The summed E-state index contributed by atoms with van der Waals surface area (Å²) < 4.78 is 4.86. The van der Waals surface area contributed by atoms with E-state index in [0.717, 1.165) is 6.54 Å². The number of hydrogen-bond acceptors (Lipinski definition) is 3. The van der Waals surface area contributed by atoms with E-state index in [1.54, 1.807) is 0 Å². The average Bonchev–Trinajstić information content (AvgIpc) is 3.16. The van der Waals surface area contributed by atoms with Crippen LogP contribution in [0, 0.1) is 0 Å². The highest BCUT2D eigenvalue weighted by atomic mass is 16.5. The molecule has 1 aromatic rings. The summed E-state index contributed by atoms with van der Waals surface area (Å²) in [5, 5.41) is 0. The van der Waals surface area contributed by atoms with Crippen LogP contribution in [0.5, 0.6) is 0 Å². The van der Waals surface area contributed by atoms with E-state index in [1.165, 1.54) is 11.6 Å². The number of carbonyl (C=O) groups excluding carboxylic acids is 1. The van der Waals surface area contributed by atoms with Crippen molar-refractivity contribution in [3.8, 4) is 0 Å². The van der Waals surface area contributed by atoms with Crippen LogP contribution in [0.3, 0.4) is 0 Å². The van der Waals surface area contributed by atoms with Crippen LogP contribution in [0.1, 0.15) is 25.5 Å². The zero-order valence-corrected chi connectivity index (χ0v) is 10.9. The summed E-state index contributed by atoms with van der Waals surface area (Å²) in [4.78, 5) is 13.5. The van der Waals surface area contributed by atoms with Crippen LogP contribution < -0.4 is 0 Å². The smallest absolute Gasteiger partial charge is 0.330 e. The molecule has 1 unspecified atom stereocenters. The summed E-state index contributed by atoms with van der Waals surface area (Å²) in [5.41, 5.74) is 1.31. The SMILES string of the molecule is CCOC(=O)C=C[C@H]1CN1[C@H](C)c1ccccc1. The molecular weight excluding hydrogens is 226 g/mol. The van der Waals surface area contributed by atoms with Gasteiger partial charge < -0.3 is 4.74 Å². The molecule has 1 fully saturated rings. The van der Waals surface area contributed by atoms with Crippen LogP contribution in [-0.4, -0.2) is 30.1 Å². The quantitative estimate of drug-likeness (QED) is 0.453. The highest BCUT2D eigenvalue weighted by Crippen LogP contribution is 2.32. The Bertz CT molecular complexity index is 427. The van der Waals surface area contributed by atoms with Gasteiger partial charge in [-0.2, -0.15) is 0 Å². The average molecular weight is 245 g/mol. The van der Waals surface area contributed by atoms with E-state index in [1.807, 2.05) is 19.1 Å². The van der Waals surface area contributed by atoms with Crippen LogP contribution in [-0.2, 0) is 9.53 Å². The maximum atomic E-state index is 11.2. The Balaban J connectivity index is 1.86. The summed E-state index contributed by atoms with van der Waals surface area (Å²) in [5.74, 6) is -0.253. The summed E-state index contributed by atoms with van der Waals surface area (Å²) >= 11 is 0. The first-order chi connectivity index (χ1) is 8.72. The number of nitrogens with zero attached hydrogens (tertiary/aromatic N) is 1. The zero-order chi connectivity index (χ0) is 13.0. The molecule has 2 rings (SSSR count). The highest BCUT2D eigenvalue weighted by molar-refractivity contribution is 5.82. The fourth-order valence-corrected chi connectivity index (χ4v) is 2.09. The zero-order valence-electron chi connectivity index (χ0n) is 10.9. The van der Waals surface area contributed by atoms with E-state index in [4.69, 9.17) is 4.74 Å². The number of esters is 1. The lowest BCUT2D eigenvalue weighted by Gasteiger charge is -2.13. The lowest BCUT2D eigenvalue weighted by atomic mass is 10.1. The van der Waals surface area contributed by atoms with Crippen molar-refractivity contribution >= 4 is 5.97 Å². The van der Waals surface area contributed by atoms with Crippen molar-refractivity contribution < 1.29 is 9.53 Å². The number of hydrogen-bond donors (Lipinski definition) is 0. The molecule has 1 aliphatic rings. The lowest BCUT2D eigenvalue weighted by molar-refractivity contribution is -0.137. The van der Waals surface area contributed by atoms with Crippen LogP contribution in [0.4, 0.5) is 0 Å². The predicted molar refractivity (Wildman–Crippen MR) is 71.1 cm³/mol. The van der Waals surface area contributed by atoms with Crippen molar-refractivity contribution in [2.75, 3.05) is 13.2 Å². The summed E-state index contributed by atoms with van der Waals surface area (Å²) in [6.45, 7) is 5.43. The minimum absolute atomic E-state index is 0.253. The van der Waals surface area contributed by atoms with E-state index in [-0.39, 0.29) is 5.97 Å². The van der Waals surface area contributed by atoms with Gasteiger partial charge in [-0.25, -0.2) is 4.79 Å². The molecule has 3 heteroatoms. The molecule has 0 aliphatic carbocycles. The molecule has 1 saturated heterocycles. The topological polar surface area (TPSA) is 29.3 Å². The second-order valence-corrected chi connectivity index (χ2v) is 4.46. The Morgan fingerprint density at radius 1 is 1.50 bits per heavy atom. The second-order valence-electron chi connectivity index (χ2n) is 4.46. The van der Waals surface area contributed by atoms with Crippen molar-refractivity contribution in [1.29, 1.82) is 0 Å². The van der Waals surface area contributed by atoms with E-state index in [9.17, 15) is 4.79 Å². The fourth-order valence-electron chi connectivity index (χ4n) is 2.09. The van der Waals surface area contributed by atoms with Gasteiger partial charge in [0.1, 0.15) is 0 Å². The Morgan fingerprint density at radius 2 is 2.22 bits per heavy atom. The molecular formula is C15H19NO2. The van der Waals surface area contributed by atoms with E-state index in [0.29, 0.717) is 18.7 Å². The third-order valence-corrected chi connectivity index (χ3v) is 3.21. The molecule has 0 bridgehead atoms. The number of ether oxygens (including phenoxy) is 1. The largest absolute Gasteiger partial charge is 0.463 e. The Morgan fingerprint density at radius 3 is 2.89 bits per heavy atom. The first-order valence-corrected chi connectivity index (χ1v) is 6.38. The third kappa shape index (κ3) is 3.20. The van der Waals surface area contributed by atoms with Gasteiger partial charge in [0.15, 0.2) is 0 Å². The first kappa shape index (κ1) is 12.8. The van der Waals surface area contributed by atoms with E-state index >= 15 is 0 Å². The summed E-state index contributed by atoms with van der Waals surface area (Å²) in [7, 11) is 0. The molecule has 3 atom stereocenters. The van der Waals surface area contributed by atoms with Crippen LogP contribution in [0.2, 0.25) is 0 Å². The number of carbonyl (C=O) groups is 1. The first-order valence-electron chi connectivity index (χ1n) is 6.38. The molecule has 0 radical (unpaired) electrons. The molecule has 0 saturated carbocycles. The maximum Gasteiger partial charge on any atom is 0.330 e. The van der Waals surface area contributed by atoms with Crippen molar-refractivity contribution in [3.05, 3.63) is 48.0 Å². The Kier molecular flexibility index (Phi) is 4.15. The maximum absolute atomic E-state index is 11.2. The predicted octanol–water partition coefficient (Wildman–Crippen LogP) is 2.55. The lowest BCUT2D eigenvalue weighted by Crippen LogP contribution is -2.08. The van der Waals surface area contributed by atoms with Gasteiger partial charge in [-0.3, -0.25) is 4.90 Å². The molecule has 0 aromatic heterocycles. The molecule has 18 heavy (non-hydrogen) atoms. The van der Waals surface area contributed by atoms with Gasteiger partial charge in [0.05, 0.1) is 6.61 Å². The van der Waals surface area contributed by atoms with Crippen LogP contribution in [0.25, 0.3) is 0 Å². The van der Waals surface area contributed by atoms with Crippen molar-refractivity contribution in [3.63, 3.8) is 0 Å². The molecule has 0 amide bonds. The summed E-state index contributed by atoms with van der Waals surface area (Å²) in [6, 6.07) is 11.2. The molecule has 1 aromatic carbocycles. The standard InChI is InChI=1S/C15H19NO2/c1-3-18-15(17)10-9-14-11-16(14)12(2)13-7-5-4-6-8-13/h4-10,12,14H,3,11H2,1-2H3/t12-,14+,16?/m1/s1. The second kappa shape index (κ2) is 5.83. The highest BCUT2D eigenvalue weighted by Gasteiger charge is 2.36. The third-order valence-electron chi connectivity index (χ3n) is 3.21. The minimum atomic E-state index is -0.253. The molecule has 0 spiro atoms.